The molecule has 0 radical (unpaired) electrons. The van der Waals surface area contributed by atoms with Gasteiger partial charge in [-0.05, 0) is 18.2 Å². The molecule has 1 N–H and O–H groups in total. The Labute approximate surface area is 127 Å². The van der Waals surface area contributed by atoms with Gasteiger partial charge in [0.25, 0.3) is 0 Å². The van der Waals surface area contributed by atoms with E-state index in [-0.39, 0.29) is 6.42 Å². The van der Waals surface area contributed by atoms with Crippen LogP contribution >= 0.6 is 0 Å². The number of rotatable bonds is 4. The zero-order valence-corrected chi connectivity index (χ0v) is 12.1. The Morgan fingerprint density at radius 2 is 1.86 bits per heavy atom. The molecule has 1 aromatic heterocycles. The number of methoxy groups -OCH3 is 1. The van der Waals surface area contributed by atoms with Crippen LogP contribution in [0.15, 0.2) is 54.6 Å². The molecule has 5 nitrogen and oxygen atoms in total. The molecule has 112 valence electrons. The van der Waals surface area contributed by atoms with Gasteiger partial charge in [-0.1, -0.05) is 36.4 Å². The smallest absolute Gasteiger partial charge is 0.335 e. The Morgan fingerprint density at radius 1 is 1.18 bits per heavy atom. The fraction of sp³-hybridized carbons (Fsp3) is 0.176. The summed E-state index contributed by atoms with van der Waals surface area (Å²) in [5.41, 5.74) is 2.52. The molecular formula is C17H16N2O3. The Morgan fingerprint density at radius 3 is 2.59 bits per heavy atom. The van der Waals surface area contributed by atoms with Crippen LogP contribution in [0.2, 0.25) is 0 Å². The Bertz CT molecular complexity index is 796. The lowest BCUT2D eigenvalue weighted by Crippen LogP contribution is -2.24. The molecular weight excluding hydrogens is 280 g/mol. The van der Waals surface area contributed by atoms with Gasteiger partial charge in [0.15, 0.2) is 6.10 Å². The fourth-order valence-electron chi connectivity index (χ4n) is 2.45. The van der Waals surface area contributed by atoms with E-state index in [2.05, 4.69) is 9.84 Å². The minimum absolute atomic E-state index is 0.118. The number of aliphatic hydroxyl groups is 1. The van der Waals surface area contributed by atoms with Gasteiger partial charge >= 0.3 is 5.97 Å². The SMILES string of the molecule is COC(=O)C(O)Cc1nn(-c2ccccc2)c2ccccc12. The number of fused-ring (bicyclic) bond motifs is 1. The summed E-state index contributed by atoms with van der Waals surface area (Å²) in [5.74, 6) is -0.654. The van der Waals surface area contributed by atoms with Gasteiger partial charge in [0.2, 0.25) is 0 Å². The summed E-state index contributed by atoms with van der Waals surface area (Å²) >= 11 is 0. The number of nitrogens with zero attached hydrogens (tertiary/aromatic N) is 2. The predicted molar refractivity (Wildman–Crippen MR) is 82.8 cm³/mol. The minimum Gasteiger partial charge on any atom is -0.467 e. The molecule has 0 saturated heterocycles. The number of carbonyl (C=O) groups is 1. The number of esters is 1. The van der Waals surface area contributed by atoms with Gasteiger partial charge in [0, 0.05) is 11.8 Å². The number of para-hydroxylation sites is 2. The summed E-state index contributed by atoms with van der Waals surface area (Å²) in [6.07, 6.45) is -1.10. The molecule has 3 aromatic rings. The van der Waals surface area contributed by atoms with Crippen molar-refractivity contribution in [3.63, 3.8) is 0 Å². The van der Waals surface area contributed by atoms with E-state index in [1.54, 1.807) is 0 Å². The number of hydrogen-bond acceptors (Lipinski definition) is 4. The van der Waals surface area contributed by atoms with Crippen LogP contribution in [0.4, 0.5) is 0 Å². The van der Waals surface area contributed by atoms with Crippen molar-refractivity contribution >= 4 is 16.9 Å². The van der Waals surface area contributed by atoms with Gasteiger partial charge < -0.3 is 9.84 Å². The molecule has 0 fully saturated rings. The molecule has 5 heteroatoms. The number of carbonyl (C=O) groups excluding carboxylic acids is 1. The molecule has 0 spiro atoms. The second kappa shape index (κ2) is 5.99. The summed E-state index contributed by atoms with van der Waals surface area (Å²) < 4.78 is 6.38. The largest absolute Gasteiger partial charge is 0.467 e. The van der Waals surface area contributed by atoms with Crippen molar-refractivity contribution in [3.8, 4) is 5.69 Å². The van der Waals surface area contributed by atoms with Crippen LogP contribution in [0.3, 0.4) is 0 Å². The summed E-state index contributed by atoms with van der Waals surface area (Å²) in [4.78, 5) is 11.4. The van der Waals surface area contributed by atoms with Crippen molar-refractivity contribution < 1.29 is 14.6 Å². The number of benzene rings is 2. The van der Waals surface area contributed by atoms with Gasteiger partial charge in [0.1, 0.15) is 0 Å². The highest BCUT2D eigenvalue weighted by molar-refractivity contribution is 5.84. The number of aromatic nitrogens is 2. The first-order valence-corrected chi connectivity index (χ1v) is 6.98. The lowest BCUT2D eigenvalue weighted by Gasteiger charge is -2.06. The van der Waals surface area contributed by atoms with E-state index in [9.17, 15) is 9.90 Å². The lowest BCUT2D eigenvalue weighted by atomic mass is 10.1. The maximum atomic E-state index is 11.4. The Hall–Kier alpha value is -2.66. The fourth-order valence-corrected chi connectivity index (χ4v) is 2.45. The molecule has 3 rings (SSSR count). The van der Waals surface area contributed by atoms with Crippen molar-refractivity contribution in [3.05, 3.63) is 60.3 Å². The third-order valence-electron chi connectivity index (χ3n) is 3.52. The van der Waals surface area contributed by atoms with E-state index in [0.29, 0.717) is 5.69 Å². The molecule has 1 atom stereocenters. The third-order valence-corrected chi connectivity index (χ3v) is 3.52. The van der Waals surface area contributed by atoms with Gasteiger partial charge in [-0.3, -0.25) is 0 Å². The first kappa shape index (κ1) is 14.3. The molecule has 0 aliphatic carbocycles. The number of ether oxygens (including phenoxy) is 1. The van der Waals surface area contributed by atoms with Crippen LogP contribution in [-0.4, -0.2) is 34.1 Å². The average molecular weight is 296 g/mol. The molecule has 0 saturated carbocycles. The second-order valence-corrected chi connectivity index (χ2v) is 4.95. The van der Waals surface area contributed by atoms with Crippen molar-refractivity contribution in [2.75, 3.05) is 7.11 Å². The predicted octanol–water partition coefficient (Wildman–Crippen LogP) is 2.10. The number of hydrogen-bond donors (Lipinski definition) is 1. The summed E-state index contributed by atoms with van der Waals surface area (Å²) in [5, 5.41) is 15.4. The van der Waals surface area contributed by atoms with Crippen LogP contribution in [-0.2, 0) is 16.0 Å². The molecule has 0 aliphatic rings. The zero-order chi connectivity index (χ0) is 15.5. The average Bonchev–Trinajstić information content (AvgIpc) is 2.93. The molecule has 1 unspecified atom stereocenters. The molecule has 0 amide bonds. The van der Waals surface area contributed by atoms with Crippen molar-refractivity contribution in [2.45, 2.75) is 12.5 Å². The zero-order valence-electron chi connectivity index (χ0n) is 12.1. The molecule has 0 aliphatic heterocycles. The monoisotopic (exact) mass is 296 g/mol. The minimum atomic E-state index is -1.22. The highest BCUT2D eigenvalue weighted by Gasteiger charge is 2.20. The van der Waals surface area contributed by atoms with Crippen LogP contribution < -0.4 is 0 Å². The van der Waals surface area contributed by atoms with E-state index in [1.807, 2.05) is 59.3 Å². The molecule has 2 aromatic carbocycles. The van der Waals surface area contributed by atoms with E-state index >= 15 is 0 Å². The van der Waals surface area contributed by atoms with E-state index in [1.165, 1.54) is 7.11 Å². The summed E-state index contributed by atoms with van der Waals surface area (Å²) in [7, 11) is 1.26. The van der Waals surface area contributed by atoms with Crippen LogP contribution in [0.5, 0.6) is 0 Å². The van der Waals surface area contributed by atoms with Crippen molar-refractivity contribution in [1.82, 2.24) is 9.78 Å². The summed E-state index contributed by atoms with van der Waals surface area (Å²) in [6.45, 7) is 0. The van der Waals surface area contributed by atoms with Crippen molar-refractivity contribution in [1.29, 1.82) is 0 Å². The first-order chi connectivity index (χ1) is 10.7. The van der Waals surface area contributed by atoms with E-state index < -0.39 is 12.1 Å². The maximum Gasteiger partial charge on any atom is 0.335 e. The van der Waals surface area contributed by atoms with Gasteiger partial charge in [-0.2, -0.15) is 5.10 Å². The van der Waals surface area contributed by atoms with Crippen LogP contribution in [0.1, 0.15) is 5.69 Å². The number of aliphatic hydroxyl groups excluding tert-OH is 1. The van der Waals surface area contributed by atoms with Crippen LogP contribution in [0, 0.1) is 0 Å². The Balaban J connectivity index is 2.07. The molecule has 1 heterocycles. The van der Waals surface area contributed by atoms with Gasteiger partial charge in [-0.15, -0.1) is 0 Å². The van der Waals surface area contributed by atoms with E-state index in [0.717, 1.165) is 16.6 Å². The Kier molecular flexibility index (Phi) is 3.89. The van der Waals surface area contributed by atoms with Crippen LogP contribution in [0.25, 0.3) is 16.6 Å². The highest BCUT2D eigenvalue weighted by atomic mass is 16.5. The van der Waals surface area contributed by atoms with Crippen molar-refractivity contribution in [2.24, 2.45) is 0 Å². The maximum absolute atomic E-state index is 11.4. The second-order valence-electron chi connectivity index (χ2n) is 4.95. The standard InChI is InChI=1S/C17H16N2O3/c1-22-17(21)16(20)11-14-13-9-5-6-10-15(13)19(18-14)12-7-3-2-4-8-12/h2-10,16,20H,11H2,1H3. The van der Waals surface area contributed by atoms with Gasteiger partial charge in [-0.25, -0.2) is 9.48 Å². The first-order valence-electron chi connectivity index (χ1n) is 6.98. The van der Waals surface area contributed by atoms with Gasteiger partial charge in [0.05, 0.1) is 24.0 Å². The van der Waals surface area contributed by atoms with E-state index in [4.69, 9.17) is 0 Å². The quantitative estimate of drug-likeness (QED) is 0.749. The summed E-state index contributed by atoms with van der Waals surface area (Å²) in [6, 6.07) is 17.5. The lowest BCUT2D eigenvalue weighted by molar-refractivity contribution is -0.150. The molecule has 0 bridgehead atoms. The topological polar surface area (TPSA) is 64.3 Å². The highest BCUT2D eigenvalue weighted by Crippen LogP contribution is 2.23. The molecule has 22 heavy (non-hydrogen) atoms. The third kappa shape index (κ3) is 2.58. The normalized spacial score (nSPS) is 12.3.